The molecule has 6 aromatic rings. The van der Waals surface area contributed by atoms with Gasteiger partial charge in [-0.3, -0.25) is 10.9 Å². The van der Waals surface area contributed by atoms with Gasteiger partial charge in [-0.25, -0.2) is 0 Å². The number of benzene rings is 6. The lowest BCUT2D eigenvalue weighted by atomic mass is 10.1. The Kier molecular flexibility index (Phi) is 10.5. The lowest BCUT2D eigenvalue weighted by molar-refractivity contribution is 0.640. The third-order valence-corrected chi connectivity index (χ3v) is 11.4. The second kappa shape index (κ2) is 16.3. The minimum atomic E-state index is 0.975. The van der Waals surface area contributed by atoms with E-state index in [1.54, 1.807) is 0 Å². The van der Waals surface area contributed by atoms with Crippen molar-refractivity contribution in [3.63, 3.8) is 0 Å². The summed E-state index contributed by atoms with van der Waals surface area (Å²) in [6.07, 6.45) is 8.41. The van der Waals surface area contributed by atoms with Crippen molar-refractivity contribution in [1.82, 2.24) is 0 Å². The number of nitrogens with one attached hydrogen (secondary N) is 2. The van der Waals surface area contributed by atoms with Crippen molar-refractivity contribution >= 4 is 70.1 Å². The first kappa shape index (κ1) is 33.7. The Morgan fingerprint density at radius 1 is 0.423 bits per heavy atom. The van der Waals surface area contributed by atoms with E-state index in [-0.39, 0.29) is 0 Å². The summed E-state index contributed by atoms with van der Waals surface area (Å²) in [4.78, 5) is 10.2. The fourth-order valence-corrected chi connectivity index (χ4v) is 8.91. The first-order valence-electron chi connectivity index (χ1n) is 17.8. The molecule has 8 rings (SSSR count). The van der Waals surface area contributed by atoms with E-state index in [0.29, 0.717) is 0 Å². The fourth-order valence-electron chi connectivity index (χ4n) is 6.62. The molecular weight excluding hydrogens is 677 g/mol. The fraction of sp³-hybridized carbons (Fsp3) is 0.136. The van der Waals surface area contributed by atoms with Crippen LogP contribution < -0.4 is 20.7 Å². The van der Waals surface area contributed by atoms with E-state index in [4.69, 9.17) is 0 Å². The number of fused-ring (bicyclic) bond motifs is 4. The van der Waals surface area contributed by atoms with Crippen LogP contribution in [0, 0.1) is 0 Å². The van der Waals surface area contributed by atoms with Crippen LogP contribution in [0.15, 0.2) is 175 Å². The number of hydrogen-bond acceptors (Lipinski definition) is 8. The summed E-state index contributed by atoms with van der Waals surface area (Å²) < 4.78 is 0. The van der Waals surface area contributed by atoms with Crippen molar-refractivity contribution in [1.29, 1.82) is 0 Å². The highest BCUT2D eigenvalue weighted by Gasteiger charge is 2.24. The first-order valence-corrected chi connectivity index (χ1v) is 19.5. The maximum atomic E-state index is 4.48. The normalized spacial score (nSPS) is 13.1. The van der Waals surface area contributed by atoms with Crippen LogP contribution in [0.3, 0.4) is 0 Å². The number of para-hydroxylation sites is 4. The van der Waals surface area contributed by atoms with E-state index >= 15 is 0 Å². The van der Waals surface area contributed by atoms with Crippen LogP contribution >= 0.6 is 23.5 Å². The summed E-state index contributed by atoms with van der Waals surface area (Å²) in [5, 5.41) is 8.95. The van der Waals surface area contributed by atoms with E-state index in [0.717, 1.165) is 48.4 Å². The Labute approximate surface area is 314 Å². The Morgan fingerprint density at radius 2 is 0.827 bits per heavy atom. The standard InChI is InChI=1S/C44H40N6S2/c1(13-27-49-37-19-9-11-21-41(37)51-43-29-33(23-25-39(43)49)31-45-47-35-15-5-3-6-16-35)2-14-28-50-38-20-10-12-22-42(38)52-44-30-34(24-26-40(44)50)32-46-48-36-17-7-4-8-18-36/h3-12,15-26,29-32,47-48H,1-2,13-14,27-28H2. The molecule has 2 aliphatic rings. The minimum absolute atomic E-state index is 0.975. The van der Waals surface area contributed by atoms with Gasteiger partial charge in [0, 0.05) is 32.7 Å². The van der Waals surface area contributed by atoms with Crippen molar-refractivity contribution in [3.05, 3.63) is 157 Å². The number of rotatable bonds is 13. The van der Waals surface area contributed by atoms with Gasteiger partial charge in [-0.05, 0) is 96.8 Å². The van der Waals surface area contributed by atoms with Gasteiger partial charge in [0.1, 0.15) is 0 Å². The predicted molar refractivity (Wildman–Crippen MR) is 222 cm³/mol. The maximum absolute atomic E-state index is 4.48. The van der Waals surface area contributed by atoms with Gasteiger partial charge in [0.05, 0.1) is 46.6 Å². The Balaban J connectivity index is 0.890. The molecule has 0 aliphatic carbocycles. The molecule has 0 amide bonds. The molecule has 8 heteroatoms. The second-order valence-corrected chi connectivity index (χ2v) is 15.0. The van der Waals surface area contributed by atoms with Crippen LogP contribution in [0.2, 0.25) is 0 Å². The molecule has 258 valence electrons. The van der Waals surface area contributed by atoms with Crippen LogP contribution in [-0.2, 0) is 0 Å². The zero-order valence-corrected chi connectivity index (χ0v) is 30.5. The van der Waals surface area contributed by atoms with Crippen molar-refractivity contribution in [3.8, 4) is 0 Å². The molecule has 0 fully saturated rings. The molecular formula is C44H40N6S2. The molecule has 0 bridgehead atoms. The quantitative estimate of drug-likeness (QED) is 0.0705. The number of anilines is 6. The Morgan fingerprint density at radius 3 is 1.29 bits per heavy atom. The summed E-state index contributed by atoms with van der Waals surface area (Å²) >= 11 is 3.69. The number of hydrogen-bond donors (Lipinski definition) is 2. The van der Waals surface area contributed by atoms with Crippen LogP contribution in [-0.4, -0.2) is 25.5 Å². The molecule has 0 aromatic heterocycles. The van der Waals surface area contributed by atoms with E-state index < -0.39 is 0 Å². The molecule has 0 unspecified atom stereocenters. The monoisotopic (exact) mass is 716 g/mol. The van der Waals surface area contributed by atoms with Crippen molar-refractivity contribution in [2.24, 2.45) is 10.2 Å². The Hall–Kier alpha value is -5.44. The lowest BCUT2D eigenvalue weighted by Gasteiger charge is -2.33. The summed E-state index contributed by atoms with van der Waals surface area (Å²) in [6.45, 7) is 1.98. The molecule has 0 saturated heterocycles. The molecule has 2 N–H and O–H groups in total. The van der Waals surface area contributed by atoms with Gasteiger partial charge in [0.25, 0.3) is 0 Å². The summed E-state index contributed by atoms with van der Waals surface area (Å²) in [7, 11) is 0. The average Bonchev–Trinajstić information content (AvgIpc) is 3.19. The van der Waals surface area contributed by atoms with Gasteiger partial charge < -0.3 is 9.80 Å². The molecule has 52 heavy (non-hydrogen) atoms. The number of unbranched alkanes of at least 4 members (excludes halogenated alkanes) is 3. The molecule has 6 nitrogen and oxygen atoms in total. The van der Waals surface area contributed by atoms with Crippen LogP contribution in [0.5, 0.6) is 0 Å². The summed E-state index contributed by atoms with van der Waals surface area (Å²) in [6, 6.07) is 51.0. The van der Waals surface area contributed by atoms with E-state index in [2.05, 4.69) is 116 Å². The molecule has 6 aromatic carbocycles. The maximum Gasteiger partial charge on any atom is 0.0561 e. The Bertz CT molecular complexity index is 2030. The summed E-state index contributed by atoms with van der Waals surface area (Å²) in [5.74, 6) is 0. The molecule has 0 radical (unpaired) electrons. The minimum Gasteiger partial charge on any atom is -0.340 e. The van der Waals surface area contributed by atoms with E-state index in [1.807, 2.05) is 96.6 Å². The van der Waals surface area contributed by atoms with Gasteiger partial charge >= 0.3 is 0 Å². The highest BCUT2D eigenvalue weighted by atomic mass is 32.2. The summed E-state index contributed by atoms with van der Waals surface area (Å²) in [5.41, 5.74) is 15.5. The number of hydrazone groups is 2. The molecule has 2 heterocycles. The largest absolute Gasteiger partial charge is 0.340 e. The topological polar surface area (TPSA) is 55.3 Å². The van der Waals surface area contributed by atoms with Crippen LogP contribution in [0.4, 0.5) is 34.1 Å². The van der Waals surface area contributed by atoms with E-state index in [9.17, 15) is 0 Å². The zero-order valence-electron chi connectivity index (χ0n) is 28.9. The van der Waals surface area contributed by atoms with Gasteiger partial charge in [-0.2, -0.15) is 10.2 Å². The van der Waals surface area contributed by atoms with Crippen molar-refractivity contribution in [2.75, 3.05) is 33.7 Å². The first-order chi connectivity index (χ1) is 25.8. The highest BCUT2D eigenvalue weighted by molar-refractivity contribution is 8.00. The van der Waals surface area contributed by atoms with E-state index in [1.165, 1.54) is 55.2 Å². The lowest BCUT2D eigenvalue weighted by Crippen LogP contribution is -2.23. The van der Waals surface area contributed by atoms with Crippen molar-refractivity contribution in [2.45, 2.75) is 45.3 Å². The zero-order chi connectivity index (χ0) is 35.0. The van der Waals surface area contributed by atoms with Gasteiger partial charge in [0.15, 0.2) is 0 Å². The molecule has 0 atom stereocenters. The van der Waals surface area contributed by atoms with Gasteiger partial charge in [-0.15, -0.1) is 0 Å². The third kappa shape index (κ3) is 7.88. The average molecular weight is 717 g/mol. The number of nitrogens with zero attached hydrogens (tertiary/aromatic N) is 4. The molecule has 0 spiro atoms. The van der Waals surface area contributed by atoms with Gasteiger partial charge in [-0.1, -0.05) is 109 Å². The predicted octanol–water partition coefficient (Wildman–Crippen LogP) is 12.0. The highest BCUT2D eigenvalue weighted by Crippen LogP contribution is 2.49. The SMILES string of the molecule is C(=NNc1ccccc1)c1ccc2c(c1)Sc1ccccc1N2CCCCCCN1c2ccccc2Sc2cc(C=NNc3ccccc3)ccc21. The smallest absolute Gasteiger partial charge is 0.0561 e. The molecule has 2 aliphatic heterocycles. The van der Waals surface area contributed by atoms with Crippen LogP contribution in [0.25, 0.3) is 0 Å². The van der Waals surface area contributed by atoms with Crippen LogP contribution in [0.1, 0.15) is 36.8 Å². The van der Waals surface area contributed by atoms with Gasteiger partial charge in [0.2, 0.25) is 0 Å². The van der Waals surface area contributed by atoms with Crippen molar-refractivity contribution < 1.29 is 0 Å². The third-order valence-electron chi connectivity index (χ3n) is 9.18. The molecule has 0 saturated carbocycles. The second-order valence-electron chi connectivity index (χ2n) is 12.8.